The monoisotopic (exact) mass is 326 g/mol. The van der Waals surface area contributed by atoms with E-state index in [1.165, 1.54) is 0 Å². The Balaban J connectivity index is 1.76. The highest BCUT2D eigenvalue weighted by molar-refractivity contribution is 6.30. The summed E-state index contributed by atoms with van der Waals surface area (Å²) in [5, 5.41) is 3.46. The van der Waals surface area contributed by atoms with E-state index in [2.05, 4.69) is 10.3 Å². The second-order valence-corrected chi connectivity index (χ2v) is 5.56. The number of nitrogens with one attached hydrogen (secondary N) is 1. The summed E-state index contributed by atoms with van der Waals surface area (Å²) in [5.41, 5.74) is 2.34. The number of hydrogen-bond acceptors (Lipinski definition) is 3. The van der Waals surface area contributed by atoms with E-state index in [0.717, 1.165) is 16.9 Å². The molecule has 0 bridgehead atoms. The van der Waals surface area contributed by atoms with Gasteiger partial charge in [-0.1, -0.05) is 35.9 Å². The zero-order valence-electron chi connectivity index (χ0n) is 12.5. The van der Waals surface area contributed by atoms with Gasteiger partial charge in [0.2, 0.25) is 0 Å². The Morgan fingerprint density at radius 1 is 1.13 bits per heavy atom. The van der Waals surface area contributed by atoms with E-state index in [-0.39, 0.29) is 5.91 Å². The fourth-order valence-electron chi connectivity index (χ4n) is 2.25. The number of carbonyl (C=O) groups is 1. The summed E-state index contributed by atoms with van der Waals surface area (Å²) in [5.74, 6) is 1.25. The summed E-state index contributed by atoms with van der Waals surface area (Å²) in [6.45, 7) is 0. The standard InChI is InChI=1S/C18H15ClN2O2/c1-23-15-8-4-13(5-9-15)11-17-20-16(18(22)21-17)10-12-2-6-14(19)7-3-12/h2-10H,11H2,1H3,(H,20,21,22)/b16-10+. The third kappa shape index (κ3) is 3.79. The van der Waals surface area contributed by atoms with Gasteiger partial charge < -0.3 is 10.1 Å². The van der Waals surface area contributed by atoms with Gasteiger partial charge in [-0.3, -0.25) is 4.79 Å². The molecule has 0 fully saturated rings. The maximum Gasteiger partial charge on any atom is 0.275 e. The van der Waals surface area contributed by atoms with Crippen LogP contribution in [0.25, 0.3) is 6.08 Å². The van der Waals surface area contributed by atoms with Gasteiger partial charge in [0.15, 0.2) is 0 Å². The van der Waals surface area contributed by atoms with Crippen LogP contribution >= 0.6 is 11.6 Å². The Bertz CT molecular complexity index is 778. The number of hydrogen-bond donors (Lipinski definition) is 1. The Kier molecular flexibility index (Phi) is 4.44. The minimum Gasteiger partial charge on any atom is -0.497 e. The van der Waals surface area contributed by atoms with Crippen LogP contribution in [0, 0.1) is 0 Å². The highest BCUT2D eigenvalue weighted by Crippen LogP contribution is 2.17. The molecule has 0 unspecified atom stereocenters. The first kappa shape index (κ1) is 15.3. The lowest BCUT2D eigenvalue weighted by atomic mass is 10.1. The van der Waals surface area contributed by atoms with Crippen LogP contribution in [0.2, 0.25) is 5.02 Å². The summed E-state index contributed by atoms with van der Waals surface area (Å²) in [6, 6.07) is 14.9. The Labute approximate surface area is 139 Å². The van der Waals surface area contributed by atoms with Crippen molar-refractivity contribution in [3.8, 4) is 5.75 Å². The summed E-state index contributed by atoms with van der Waals surface area (Å²) in [4.78, 5) is 16.4. The van der Waals surface area contributed by atoms with Gasteiger partial charge in [-0.2, -0.15) is 0 Å². The lowest BCUT2D eigenvalue weighted by Crippen LogP contribution is -2.25. The molecule has 3 rings (SSSR count). The molecule has 23 heavy (non-hydrogen) atoms. The zero-order chi connectivity index (χ0) is 16.2. The largest absolute Gasteiger partial charge is 0.497 e. The number of aliphatic imine (C=N–C) groups is 1. The van der Waals surface area contributed by atoms with E-state index in [9.17, 15) is 4.79 Å². The number of carbonyl (C=O) groups excluding carboxylic acids is 1. The summed E-state index contributed by atoms with van der Waals surface area (Å²) in [7, 11) is 1.63. The van der Waals surface area contributed by atoms with Crippen molar-refractivity contribution in [2.75, 3.05) is 7.11 Å². The summed E-state index contributed by atoms with van der Waals surface area (Å²) in [6.07, 6.45) is 2.31. The summed E-state index contributed by atoms with van der Waals surface area (Å²) >= 11 is 5.86. The van der Waals surface area contributed by atoms with E-state index < -0.39 is 0 Å². The molecule has 1 amide bonds. The van der Waals surface area contributed by atoms with Gasteiger partial charge in [0, 0.05) is 11.4 Å². The topological polar surface area (TPSA) is 50.7 Å². The Morgan fingerprint density at radius 2 is 1.83 bits per heavy atom. The second kappa shape index (κ2) is 6.67. The van der Waals surface area contributed by atoms with E-state index >= 15 is 0 Å². The number of rotatable bonds is 4. The van der Waals surface area contributed by atoms with Gasteiger partial charge in [-0.05, 0) is 41.5 Å². The second-order valence-electron chi connectivity index (χ2n) is 5.12. The first-order valence-electron chi connectivity index (χ1n) is 7.13. The fourth-order valence-corrected chi connectivity index (χ4v) is 2.38. The first-order valence-corrected chi connectivity index (χ1v) is 7.51. The average Bonchev–Trinajstić information content (AvgIpc) is 2.90. The Morgan fingerprint density at radius 3 is 2.48 bits per heavy atom. The molecule has 2 aromatic carbocycles. The van der Waals surface area contributed by atoms with Crippen molar-refractivity contribution < 1.29 is 9.53 Å². The zero-order valence-corrected chi connectivity index (χ0v) is 13.3. The van der Waals surface area contributed by atoms with Crippen LogP contribution in [0.1, 0.15) is 11.1 Å². The number of amides is 1. The minimum atomic E-state index is -0.191. The van der Waals surface area contributed by atoms with Crippen molar-refractivity contribution in [1.29, 1.82) is 0 Å². The predicted molar refractivity (Wildman–Crippen MR) is 91.7 cm³/mol. The third-order valence-corrected chi connectivity index (χ3v) is 3.70. The van der Waals surface area contributed by atoms with Crippen molar-refractivity contribution in [3.05, 3.63) is 70.4 Å². The molecule has 0 aromatic heterocycles. The lowest BCUT2D eigenvalue weighted by molar-refractivity contribution is -0.115. The number of nitrogens with zero attached hydrogens (tertiary/aromatic N) is 1. The molecular weight excluding hydrogens is 312 g/mol. The number of benzene rings is 2. The summed E-state index contributed by atoms with van der Waals surface area (Å²) < 4.78 is 5.13. The van der Waals surface area contributed by atoms with Crippen LogP contribution in [0.3, 0.4) is 0 Å². The van der Waals surface area contributed by atoms with Crippen molar-refractivity contribution in [2.24, 2.45) is 4.99 Å². The average molecular weight is 327 g/mol. The maximum atomic E-state index is 12.0. The first-order chi connectivity index (χ1) is 11.1. The number of halogens is 1. The molecule has 1 N–H and O–H groups in total. The predicted octanol–water partition coefficient (Wildman–Crippen LogP) is 3.46. The number of amidine groups is 1. The molecule has 0 atom stereocenters. The quantitative estimate of drug-likeness (QED) is 0.875. The van der Waals surface area contributed by atoms with Crippen LogP contribution in [-0.4, -0.2) is 18.9 Å². The van der Waals surface area contributed by atoms with Gasteiger partial charge in [-0.25, -0.2) is 4.99 Å². The molecule has 2 aromatic rings. The van der Waals surface area contributed by atoms with Gasteiger partial charge in [0.25, 0.3) is 5.91 Å². The molecule has 0 radical (unpaired) electrons. The molecule has 116 valence electrons. The minimum absolute atomic E-state index is 0.191. The number of methoxy groups -OCH3 is 1. The fraction of sp³-hybridized carbons (Fsp3) is 0.111. The van der Waals surface area contributed by atoms with Gasteiger partial charge in [0.05, 0.1) is 7.11 Å². The smallest absolute Gasteiger partial charge is 0.275 e. The molecule has 0 saturated carbocycles. The maximum absolute atomic E-state index is 12.0. The molecule has 0 aliphatic carbocycles. The molecular formula is C18H15ClN2O2. The van der Waals surface area contributed by atoms with Crippen LogP contribution < -0.4 is 10.1 Å². The van der Waals surface area contributed by atoms with Crippen molar-refractivity contribution >= 4 is 29.4 Å². The third-order valence-electron chi connectivity index (χ3n) is 3.45. The lowest BCUT2D eigenvalue weighted by Gasteiger charge is -2.03. The SMILES string of the molecule is COc1ccc(CC2=N/C(=C/c3ccc(Cl)cc3)C(=O)N2)cc1. The van der Waals surface area contributed by atoms with Gasteiger partial charge >= 0.3 is 0 Å². The van der Waals surface area contributed by atoms with E-state index in [0.29, 0.717) is 23.0 Å². The molecule has 4 nitrogen and oxygen atoms in total. The molecule has 0 spiro atoms. The van der Waals surface area contributed by atoms with Crippen LogP contribution in [-0.2, 0) is 11.2 Å². The number of ether oxygens (including phenoxy) is 1. The van der Waals surface area contributed by atoms with Crippen LogP contribution in [0.15, 0.2) is 59.2 Å². The molecule has 1 aliphatic rings. The van der Waals surface area contributed by atoms with Gasteiger partial charge in [-0.15, -0.1) is 0 Å². The van der Waals surface area contributed by atoms with E-state index in [1.54, 1.807) is 25.3 Å². The molecule has 1 aliphatic heterocycles. The normalized spacial score (nSPS) is 15.5. The van der Waals surface area contributed by atoms with Crippen molar-refractivity contribution in [3.63, 3.8) is 0 Å². The molecule has 0 saturated heterocycles. The molecule has 1 heterocycles. The van der Waals surface area contributed by atoms with Crippen LogP contribution in [0.5, 0.6) is 5.75 Å². The van der Waals surface area contributed by atoms with E-state index in [1.807, 2.05) is 36.4 Å². The highest BCUT2D eigenvalue weighted by atomic mass is 35.5. The van der Waals surface area contributed by atoms with Crippen molar-refractivity contribution in [2.45, 2.75) is 6.42 Å². The molecule has 5 heteroatoms. The highest BCUT2D eigenvalue weighted by Gasteiger charge is 2.19. The Hall–Kier alpha value is -2.59. The van der Waals surface area contributed by atoms with Crippen molar-refractivity contribution in [1.82, 2.24) is 5.32 Å². The van der Waals surface area contributed by atoms with E-state index in [4.69, 9.17) is 16.3 Å². The van der Waals surface area contributed by atoms with Crippen LogP contribution in [0.4, 0.5) is 0 Å². The van der Waals surface area contributed by atoms with Gasteiger partial charge in [0.1, 0.15) is 17.3 Å².